The van der Waals surface area contributed by atoms with Crippen LogP contribution >= 0.6 is 11.8 Å². The van der Waals surface area contributed by atoms with Crippen LogP contribution in [0.3, 0.4) is 0 Å². The third kappa shape index (κ3) is 3.65. The Morgan fingerprint density at radius 2 is 2.05 bits per heavy atom. The predicted molar refractivity (Wildman–Crippen MR) is 84.7 cm³/mol. The number of hydrogen-bond donors (Lipinski definition) is 2. The maximum Gasteiger partial charge on any atom is 0.317 e. The molecule has 2 amide bonds. The second-order valence-electron chi connectivity index (χ2n) is 6.41. The monoisotopic (exact) mass is 314 g/mol. The molecule has 1 saturated heterocycles. The molecule has 5 nitrogen and oxygen atoms in total. The molecule has 0 aromatic heterocycles. The topological polar surface area (TPSA) is 69.6 Å². The first-order valence-electron chi connectivity index (χ1n) is 7.78. The molecule has 1 atom stereocenters. The molecule has 2 N–H and O–H groups in total. The largest absolute Gasteiger partial charge is 0.481 e. The lowest BCUT2D eigenvalue weighted by atomic mass is 9.76. The molecule has 2 rings (SSSR count). The number of carboxylic acids is 1. The molecule has 120 valence electrons. The maximum absolute atomic E-state index is 12.3. The zero-order chi connectivity index (χ0) is 15.5. The van der Waals surface area contributed by atoms with Crippen molar-refractivity contribution in [3.63, 3.8) is 0 Å². The van der Waals surface area contributed by atoms with Gasteiger partial charge in [0, 0.05) is 24.4 Å². The minimum Gasteiger partial charge on any atom is -0.481 e. The molecule has 21 heavy (non-hydrogen) atoms. The quantitative estimate of drug-likeness (QED) is 0.790. The highest BCUT2D eigenvalue weighted by Crippen LogP contribution is 2.46. The van der Waals surface area contributed by atoms with Gasteiger partial charge < -0.3 is 15.3 Å². The van der Waals surface area contributed by atoms with Crippen molar-refractivity contribution < 1.29 is 14.7 Å². The Bertz CT molecular complexity index is 408. The van der Waals surface area contributed by atoms with Crippen LogP contribution in [0.1, 0.15) is 45.4 Å². The summed E-state index contributed by atoms with van der Waals surface area (Å²) in [4.78, 5) is 25.7. The number of nitrogens with zero attached hydrogens (tertiary/aromatic N) is 1. The van der Waals surface area contributed by atoms with Crippen LogP contribution in [0.2, 0.25) is 0 Å². The summed E-state index contributed by atoms with van der Waals surface area (Å²) < 4.78 is 0.235. The fourth-order valence-electron chi connectivity index (χ4n) is 3.21. The number of amides is 2. The van der Waals surface area contributed by atoms with Gasteiger partial charge in [-0.05, 0) is 38.4 Å². The van der Waals surface area contributed by atoms with Crippen LogP contribution in [0.4, 0.5) is 4.79 Å². The van der Waals surface area contributed by atoms with E-state index in [0.29, 0.717) is 32.5 Å². The normalized spacial score (nSPS) is 27.2. The van der Waals surface area contributed by atoms with E-state index in [1.54, 1.807) is 4.90 Å². The van der Waals surface area contributed by atoms with Gasteiger partial charge in [-0.25, -0.2) is 4.79 Å². The van der Waals surface area contributed by atoms with E-state index in [1.807, 2.05) is 18.7 Å². The average Bonchev–Trinajstić information content (AvgIpc) is 3.26. The molecule has 0 radical (unpaired) electrons. The zero-order valence-corrected chi connectivity index (χ0v) is 13.8. The Hall–Kier alpha value is -0.910. The Morgan fingerprint density at radius 1 is 1.33 bits per heavy atom. The number of carbonyl (C=O) groups excluding carboxylic acids is 1. The first-order chi connectivity index (χ1) is 9.97. The molecule has 0 aromatic carbocycles. The summed E-state index contributed by atoms with van der Waals surface area (Å²) in [5, 5.41) is 12.6. The van der Waals surface area contributed by atoms with Crippen LogP contribution in [-0.4, -0.2) is 52.6 Å². The third-order valence-electron chi connectivity index (χ3n) is 4.85. The van der Waals surface area contributed by atoms with Crippen LogP contribution in [0.15, 0.2) is 0 Å². The molecular formula is C15H26N2O3S. The minimum absolute atomic E-state index is 0.100. The summed E-state index contributed by atoms with van der Waals surface area (Å²) in [5.74, 6) is -0.760. The van der Waals surface area contributed by atoms with E-state index in [2.05, 4.69) is 11.6 Å². The van der Waals surface area contributed by atoms with Crippen molar-refractivity contribution in [1.82, 2.24) is 10.2 Å². The highest BCUT2D eigenvalue weighted by molar-refractivity contribution is 8.00. The molecule has 2 fully saturated rings. The molecule has 0 aromatic rings. The van der Waals surface area contributed by atoms with E-state index >= 15 is 0 Å². The van der Waals surface area contributed by atoms with E-state index in [9.17, 15) is 14.7 Å². The maximum atomic E-state index is 12.3. The third-order valence-corrected chi connectivity index (χ3v) is 6.27. The second kappa shape index (κ2) is 6.46. The summed E-state index contributed by atoms with van der Waals surface area (Å²) in [6, 6.07) is -0.100. The summed E-state index contributed by atoms with van der Waals surface area (Å²) in [6.07, 6.45) is 7.31. The van der Waals surface area contributed by atoms with E-state index in [-0.39, 0.29) is 10.8 Å². The number of carbonyl (C=O) groups is 2. The molecule has 1 aliphatic carbocycles. The average molecular weight is 314 g/mol. The minimum atomic E-state index is -0.760. The molecule has 2 aliphatic rings. The summed E-state index contributed by atoms with van der Waals surface area (Å²) >= 11 is 1.81. The summed E-state index contributed by atoms with van der Waals surface area (Å²) in [7, 11) is 0. The Balaban J connectivity index is 1.93. The highest BCUT2D eigenvalue weighted by Gasteiger charge is 2.44. The molecule has 1 aliphatic heterocycles. The smallest absolute Gasteiger partial charge is 0.317 e. The number of thioether (sulfide) groups is 1. The van der Waals surface area contributed by atoms with Gasteiger partial charge >= 0.3 is 12.0 Å². The van der Waals surface area contributed by atoms with E-state index in [1.165, 1.54) is 0 Å². The SMILES string of the molecule is CCCC1(C(=O)O)CCCN(C(=O)NCC2(SC)CC2)C1. The number of piperidine rings is 1. The first kappa shape index (κ1) is 16.5. The molecule has 0 spiro atoms. The highest BCUT2D eigenvalue weighted by atomic mass is 32.2. The zero-order valence-electron chi connectivity index (χ0n) is 13.0. The number of likely N-dealkylation sites (tertiary alicyclic amines) is 1. The van der Waals surface area contributed by atoms with Gasteiger partial charge in [0.1, 0.15) is 0 Å². The van der Waals surface area contributed by atoms with Crippen molar-refractivity contribution in [3.8, 4) is 0 Å². The molecular weight excluding hydrogens is 288 g/mol. The van der Waals surface area contributed by atoms with Crippen LogP contribution in [0.25, 0.3) is 0 Å². The lowest BCUT2D eigenvalue weighted by Gasteiger charge is -2.40. The first-order valence-corrected chi connectivity index (χ1v) is 9.01. The van der Waals surface area contributed by atoms with Crippen molar-refractivity contribution in [2.45, 2.75) is 50.2 Å². The van der Waals surface area contributed by atoms with Gasteiger partial charge in [-0.1, -0.05) is 13.3 Å². The number of aliphatic carboxylic acids is 1. The van der Waals surface area contributed by atoms with Gasteiger partial charge in [-0.2, -0.15) is 11.8 Å². The fourth-order valence-corrected chi connectivity index (χ4v) is 3.94. The summed E-state index contributed by atoms with van der Waals surface area (Å²) in [5.41, 5.74) is -0.749. The van der Waals surface area contributed by atoms with Gasteiger partial charge in [0.2, 0.25) is 0 Å². The van der Waals surface area contributed by atoms with Gasteiger partial charge in [-0.3, -0.25) is 4.79 Å². The van der Waals surface area contributed by atoms with Crippen molar-refractivity contribution in [3.05, 3.63) is 0 Å². The lowest BCUT2D eigenvalue weighted by Crippen LogP contribution is -2.53. The van der Waals surface area contributed by atoms with Crippen molar-refractivity contribution >= 4 is 23.8 Å². The molecule has 1 heterocycles. The lowest BCUT2D eigenvalue weighted by molar-refractivity contribution is -0.152. The fraction of sp³-hybridized carbons (Fsp3) is 0.867. The van der Waals surface area contributed by atoms with Gasteiger partial charge in [0.15, 0.2) is 0 Å². The standard InChI is InChI=1S/C15H26N2O3S/c1-3-5-14(12(18)19)6-4-9-17(11-14)13(20)16-10-15(21-2)7-8-15/h3-11H2,1-2H3,(H,16,20)(H,18,19). The van der Waals surface area contributed by atoms with Crippen molar-refractivity contribution in [2.75, 3.05) is 25.9 Å². The number of rotatable bonds is 6. The summed E-state index contributed by atoms with van der Waals surface area (Å²) in [6.45, 7) is 3.70. The van der Waals surface area contributed by atoms with Crippen LogP contribution in [0, 0.1) is 5.41 Å². The van der Waals surface area contributed by atoms with E-state index in [0.717, 1.165) is 25.7 Å². The van der Waals surface area contributed by atoms with E-state index < -0.39 is 11.4 Å². The van der Waals surface area contributed by atoms with Gasteiger partial charge in [0.05, 0.1) is 5.41 Å². The van der Waals surface area contributed by atoms with E-state index in [4.69, 9.17) is 0 Å². The number of hydrogen-bond acceptors (Lipinski definition) is 3. The Kier molecular flexibility index (Phi) is 5.07. The predicted octanol–water partition coefficient (Wildman–Crippen LogP) is 2.56. The molecule has 6 heteroatoms. The van der Waals surface area contributed by atoms with Crippen molar-refractivity contribution in [1.29, 1.82) is 0 Å². The second-order valence-corrected chi connectivity index (χ2v) is 7.68. The van der Waals surface area contributed by atoms with Crippen LogP contribution in [0.5, 0.6) is 0 Å². The number of carboxylic acid groups (broad SMARTS) is 1. The van der Waals surface area contributed by atoms with Crippen LogP contribution < -0.4 is 5.32 Å². The number of nitrogens with one attached hydrogen (secondary N) is 1. The van der Waals surface area contributed by atoms with Crippen LogP contribution in [-0.2, 0) is 4.79 Å². The Morgan fingerprint density at radius 3 is 2.57 bits per heavy atom. The molecule has 1 unspecified atom stereocenters. The van der Waals surface area contributed by atoms with Crippen molar-refractivity contribution in [2.24, 2.45) is 5.41 Å². The number of urea groups is 1. The molecule has 0 bridgehead atoms. The van der Waals surface area contributed by atoms with Gasteiger partial charge in [0.25, 0.3) is 0 Å². The molecule has 1 saturated carbocycles. The van der Waals surface area contributed by atoms with Gasteiger partial charge in [-0.15, -0.1) is 0 Å². The Labute approximate surface area is 130 Å².